The third-order valence-electron chi connectivity index (χ3n) is 12.3. The number of amides is 1. The number of nitrogens with zero attached hydrogens (tertiary/aromatic N) is 5. The first kappa shape index (κ1) is 61.4. The summed E-state index contributed by atoms with van der Waals surface area (Å²) in [5.41, 5.74) is 13.0. The van der Waals surface area contributed by atoms with Gasteiger partial charge in [-0.2, -0.15) is 0 Å². The topological polar surface area (TPSA) is 127 Å². The van der Waals surface area contributed by atoms with E-state index in [-0.39, 0.29) is 41.2 Å². The molecule has 0 saturated heterocycles. The lowest BCUT2D eigenvalue weighted by Gasteiger charge is -2.30. The smallest absolute Gasteiger partial charge is 0.412 e. The van der Waals surface area contributed by atoms with Crippen molar-refractivity contribution in [2.45, 2.75) is 108 Å². The maximum atomic E-state index is 12.4. The third kappa shape index (κ3) is 18.3. The van der Waals surface area contributed by atoms with E-state index >= 15 is 0 Å². The van der Waals surface area contributed by atoms with Crippen LogP contribution in [0.5, 0.6) is 0 Å². The van der Waals surface area contributed by atoms with Gasteiger partial charge in [0.05, 0.1) is 51.6 Å². The summed E-state index contributed by atoms with van der Waals surface area (Å²) in [6.07, 6.45) is 6.12. The van der Waals surface area contributed by atoms with Crippen LogP contribution in [-0.4, -0.2) is 31.0 Å². The van der Waals surface area contributed by atoms with Gasteiger partial charge in [0.25, 0.3) is 0 Å². The summed E-state index contributed by atoms with van der Waals surface area (Å²) in [5, 5.41) is 9.93. The van der Waals surface area contributed by atoms with Gasteiger partial charge in [0, 0.05) is 53.8 Å². The third-order valence-corrected chi connectivity index (χ3v) is 12.3. The van der Waals surface area contributed by atoms with Crippen molar-refractivity contribution in [3.05, 3.63) is 253 Å². The summed E-state index contributed by atoms with van der Waals surface area (Å²) in [7, 11) is 0. The predicted octanol–water partition coefficient (Wildman–Crippen LogP) is 16.9. The number of fused-ring (bicyclic) bond motifs is 1. The number of pyridine rings is 5. The number of nitrogens with one attached hydrogen (secondary N) is 3. The summed E-state index contributed by atoms with van der Waals surface area (Å²) in [4.78, 5) is 35.7. The zero-order valence-corrected chi connectivity index (χ0v) is 42.1. The summed E-state index contributed by atoms with van der Waals surface area (Å²) in [6, 6.07) is 68.7. The second-order valence-corrected chi connectivity index (χ2v) is 19.0. The van der Waals surface area contributed by atoms with Crippen LogP contribution in [0.15, 0.2) is 219 Å². The molecule has 0 aliphatic heterocycles. The normalized spacial score (nSPS) is 12.9. The van der Waals surface area contributed by atoms with Crippen LogP contribution in [0, 0.1) is 5.41 Å². The maximum Gasteiger partial charge on any atom is 0.412 e. The molecule has 0 spiro atoms. The molecular weight excluding hydrogens is 949 g/mol. The molecule has 10 rings (SSSR count). The van der Waals surface area contributed by atoms with Crippen molar-refractivity contribution in [2.75, 3.05) is 5.32 Å². The van der Waals surface area contributed by atoms with E-state index in [2.05, 4.69) is 106 Å². The van der Waals surface area contributed by atoms with Gasteiger partial charge in [-0.3, -0.25) is 20.3 Å². The fraction of sp³-hybridized carbons (Fsp3) is 0.254. The van der Waals surface area contributed by atoms with Crippen molar-refractivity contribution in [1.29, 1.82) is 0 Å². The van der Waals surface area contributed by atoms with Crippen molar-refractivity contribution in [2.24, 2.45) is 5.41 Å². The van der Waals surface area contributed by atoms with E-state index in [1.165, 1.54) is 28.8 Å². The molecule has 1 aliphatic carbocycles. The van der Waals surface area contributed by atoms with E-state index < -0.39 is 12.2 Å². The lowest BCUT2D eigenvalue weighted by molar-refractivity contribution is 0.0360. The largest absolute Gasteiger partial charge is 0.439 e. The van der Waals surface area contributed by atoms with Gasteiger partial charge in [-0.1, -0.05) is 190 Å². The molecule has 0 bridgehead atoms. The van der Waals surface area contributed by atoms with Crippen molar-refractivity contribution in [3.8, 4) is 33.9 Å². The highest BCUT2D eigenvalue weighted by molar-refractivity contribution is 5.84. The van der Waals surface area contributed by atoms with Gasteiger partial charge >= 0.3 is 6.09 Å². The Morgan fingerprint density at radius 3 is 1.71 bits per heavy atom. The number of carbonyl (C=O) groups excluding carboxylic acids is 1. The van der Waals surface area contributed by atoms with E-state index in [9.17, 15) is 4.79 Å². The minimum atomic E-state index is -0.493. The highest BCUT2D eigenvalue weighted by Crippen LogP contribution is 2.36. The Labute approximate surface area is 460 Å². The van der Waals surface area contributed by atoms with E-state index in [1.807, 2.05) is 160 Å². The quantitative estimate of drug-likeness (QED) is 0.103. The Kier molecular flexibility index (Phi) is 24.7. The van der Waals surface area contributed by atoms with Crippen LogP contribution in [0.3, 0.4) is 0 Å². The molecule has 5 heterocycles. The molecule has 4 aromatic carbocycles. The number of ether oxygens (including phenoxy) is 1. The van der Waals surface area contributed by atoms with Crippen LogP contribution >= 0.6 is 0 Å². The molecule has 77 heavy (non-hydrogen) atoms. The molecule has 10 nitrogen and oxygen atoms in total. The Hall–Kier alpha value is -8.18. The summed E-state index contributed by atoms with van der Waals surface area (Å²) in [6.45, 7) is 9.84. The molecule has 3 atom stereocenters. The number of rotatable bonds is 13. The maximum absolute atomic E-state index is 12.4. The molecule has 1 aliphatic rings. The SMILES string of the molecule is C.C.C.C.CC(C)(C)C(OC(=O)Nc1ccccc1)c1cccc(-c2ccccc2)n1.CC(NCc1ccccc1)c1cccc(-c2ccccn2)n1.c1ccc(-c2ccc3c(n2)C(NCc2ccccn2)CCC3)cc1. The van der Waals surface area contributed by atoms with Crippen molar-refractivity contribution in [3.63, 3.8) is 0 Å². The predicted molar refractivity (Wildman–Crippen MR) is 321 cm³/mol. The molecular formula is C67H80N8O2. The molecule has 5 aromatic heterocycles. The second kappa shape index (κ2) is 31.0. The number of carbonyl (C=O) groups is 1. The molecule has 9 aromatic rings. The van der Waals surface area contributed by atoms with Crippen LogP contribution in [0.4, 0.5) is 10.5 Å². The molecule has 0 radical (unpaired) electrons. The minimum absolute atomic E-state index is 0. The highest BCUT2D eigenvalue weighted by Gasteiger charge is 2.32. The molecule has 0 fully saturated rings. The van der Waals surface area contributed by atoms with Crippen LogP contribution in [0.25, 0.3) is 33.9 Å². The Morgan fingerprint density at radius 2 is 1.10 bits per heavy atom. The molecule has 0 saturated carbocycles. The van der Waals surface area contributed by atoms with Crippen LogP contribution < -0.4 is 16.0 Å². The van der Waals surface area contributed by atoms with Gasteiger partial charge < -0.3 is 15.4 Å². The summed E-state index contributed by atoms with van der Waals surface area (Å²) >= 11 is 0. The van der Waals surface area contributed by atoms with E-state index in [0.717, 1.165) is 71.4 Å². The van der Waals surface area contributed by atoms with Gasteiger partial charge in [-0.05, 0) is 104 Å². The average molecular weight is 1030 g/mol. The lowest BCUT2D eigenvalue weighted by atomic mass is 9.86. The van der Waals surface area contributed by atoms with E-state index in [0.29, 0.717) is 11.7 Å². The molecule has 3 unspecified atom stereocenters. The lowest BCUT2D eigenvalue weighted by Crippen LogP contribution is -2.27. The summed E-state index contributed by atoms with van der Waals surface area (Å²) < 4.78 is 5.78. The van der Waals surface area contributed by atoms with Gasteiger partial charge in [-0.15, -0.1) is 0 Å². The zero-order chi connectivity index (χ0) is 50.7. The Morgan fingerprint density at radius 1 is 0.558 bits per heavy atom. The Bertz CT molecular complexity index is 3070. The van der Waals surface area contributed by atoms with Crippen LogP contribution in [0.1, 0.15) is 122 Å². The number of hydrogen-bond donors (Lipinski definition) is 3. The first-order valence-corrected chi connectivity index (χ1v) is 25.1. The summed E-state index contributed by atoms with van der Waals surface area (Å²) in [5.74, 6) is 0. The highest BCUT2D eigenvalue weighted by atomic mass is 16.6. The standard InChI is InChI=1S/C23H24N2O2.C21H21N3.C19H19N3.4CH4/c1-23(2,3)21(27-22(26)24-18-13-8-5-9-14-18)20-16-10-15-19(25-20)17-11-6-4-7-12-17;1-2-7-16(8-3-1)19-13-12-17-9-6-11-20(21(17)24-19)23-15-18-10-4-5-14-22-18;1-15(21-14-16-8-3-2-4-9-16)17-11-7-12-19(22-17)18-10-5-6-13-20-18;;;;/h4-16,21H,1-3H3,(H,24,26);1-5,7-8,10,12-14,20,23H,6,9,11,15H2;2-13,15,21H,14H2,1H3;4*1H4. The number of para-hydroxylation sites is 1. The number of aromatic nitrogens is 5. The van der Waals surface area contributed by atoms with Crippen LogP contribution in [0.2, 0.25) is 0 Å². The fourth-order valence-electron chi connectivity index (χ4n) is 8.49. The molecule has 1 amide bonds. The first-order chi connectivity index (χ1) is 35.7. The second-order valence-electron chi connectivity index (χ2n) is 19.0. The van der Waals surface area contributed by atoms with Gasteiger partial charge in [0.15, 0.2) is 6.10 Å². The van der Waals surface area contributed by atoms with Crippen LogP contribution in [-0.2, 0) is 24.2 Å². The Balaban J connectivity index is 0.000000244. The number of hydrogen-bond acceptors (Lipinski definition) is 9. The van der Waals surface area contributed by atoms with Gasteiger partial charge in [-0.25, -0.2) is 14.8 Å². The van der Waals surface area contributed by atoms with Gasteiger partial charge in [0.1, 0.15) is 0 Å². The van der Waals surface area contributed by atoms with E-state index in [1.54, 1.807) is 6.20 Å². The molecule has 3 N–H and O–H groups in total. The zero-order valence-electron chi connectivity index (χ0n) is 42.1. The monoisotopic (exact) mass is 1030 g/mol. The molecule has 10 heteroatoms. The minimum Gasteiger partial charge on any atom is -0.439 e. The molecule has 400 valence electrons. The number of anilines is 1. The average Bonchev–Trinajstić information content (AvgIpc) is 3.45. The van der Waals surface area contributed by atoms with Gasteiger partial charge in [0.2, 0.25) is 0 Å². The first-order valence-electron chi connectivity index (χ1n) is 25.1. The van der Waals surface area contributed by atoms with Crippen molar-refractivity contribution in [1.82, 2.24) is 35.6 Å². The van der Waals surface area contributed by atoms with Crippen molar-refractivity contribution < 1.29 is 9.53 Å². The fourth-order valence-corrected chi connectivity index (χ4v) is 8.49. The van der Waals surface area contributed by atoms with Crippen molar-refractivity contribution >= 4 is 11.8 Å². The number of aryl methyl sites for hydroxylation is 1. The van der Waals surface area contributed by atoms with E-state index in [4.69, 9.17) is 19.7 Å². The number of benzene rings is 4.